The van der Waals surface area contributed by atoms with Gasteiger partial charge in [-0.15, -0.1) is 6.58 Å². The van der Waals surface area contributed by atoms with Crippen LogP contribution in [-0.2, 0) is 0 Å². The first kappa shape index (κ1) is 15.4. The standard InChI is InChI=1S/C17H16IN5O/c1-2-8-21-11-13(9-18)22-16-14(15(24)20-17(21)22)10-19-23(16)12-6-4-3-5-7-12/h2-7,10,13H,1,8-9,11H2. The largest absolute Gasteiger partial charge is 0.336 e. The first-order chi connectivity index (χ1) is 11.7. The van der Waals surface area contributed by atoms with Gasteiger partial charge in [-0.25, -0.2) is 4.68 Å². The summed E-state index contributed by atoms with van der Waals surface area (Å²) in [4.78, 5) is 18.9. The van der Waals surface area contributed by atoms with Crippen molar-refractivity contribution in [3.63, 3.8) is 0 Å². The summed E-state index contributed by atoms with van der Waals surface area (Å²) in [6.07, 6.45) is 3.45. The lowest BCUT2D eigenvalue weighted by atomic mass is 10.3. The number of fused-ring (bicyclic) bond motifs is 3. The van der Waals surface area contributed by atoms with Crippen LogP contribution in [0.4, 0.5) is 5.95 Å². The van der Waals surface area contributed by atoms with Crippen LogP contribution in [0.25, 0.3) is 16.7 Å². The number of alkyl halides is 1. The molecule has 0 amide bonds. The molecule has 1 unspecified atom stereocenters. The van der Waals surface area contributed by atoms with Crippen molar-refractivity contribution in [1.82, 2.24) is 19.3 Å². The number of para-hydroxylation sites is 1. The number of hydrogen-bond donors (Lipinski definition) is 0. The van der Waals surface area contributed by atoms with Crippen LogP contribution in [0.3, 0.4) is 0 Å². The van der Waals surface area contributed by atoms with Crippen LogP contribution in [-0.4, -0.2) is 36.8 Å². The molecule has 1 atom stereocenters. The number of aromatic nitrogens is 4. The Balaban J connectivity index is 2.04. The number of rotatable bonds is 4. The molecule has 0 bridgehead atoms. The molecule has 0 saturated carbocycles. The maximum Gasteiger partial charge on any atom is 0.285 e. The smallest absolute Gasteiger partial charge is 0.285 e. The molecule has 122 valence electrons. The fourth-order valence-electron chi connectivity index (χ4n) is 3.19. The molecule has 1 aliphatic heterocycles. The fourth-order valence-corrected chi connectivity index (χ4v) is 3.86. The number of halogens is 1. The second-order valence-corrected chi connectivity index (χ2v) is 6.60. The van der Waals surface area contributed by atoms with E-state index in [0.717, 1.165) is 22.3 Å². The molecule has 1 aromatic carbocycles. The summed E-state index contributed by atoms with van der Waals surface area (Å²) >= 11 is 2.38. The van der Waals surface area contributed by atoms with E-state index in [1.54, 1.807) is 6.20 Å². The topological polar surface area (TPSA) is 56.0 Å². The van der Waals surface area contributed by atoms with Crippen molar-refractivity contribution in [2.75, 3.05) is 22.4 Å². The highest BCUT2D eigenvalue weighted by atomic mass is 127. The van der Waals surface area contributed by atoms with Gasteiger partial charge in [0.2, 0.25) is 5.95 Å². The maximum atomic E-state index is 12.5. The Bertz CT molecular complexity index is 962. The Morgan fingerprint density at radius 2 is 2.12 bits per heavy atom. The SMILES string of the molecule is C=CCN1CC(CI)n2c1nc(=O)c1cnn(-c3ccccc3)c12. The Morgan fingerprint density at radius 3 is 2.83 bits per heavy atom. The molecule has 0 radical (unpaired) electrons. The first-order valence-corrected chi connectivity index (χ1v) is 9.24. The average Bonchev–Trinajstić information content (AvgIpc) is 3.18. The Morgan fingerprint density at radius 1 is 1.33 bits per heavy atom. The molecule has 3 heterocycles. The van der Waals surface area contributed by atoms with E-state index < -0.39 is 0 Å². The molecule has 0 saturated heterocycles. The van der Waals surface area contributed by atoms with Crippen molar-refractivity contribution in [3.8, 4) is 5.69 Å². The average molecular weight is 433 g/mol. The van der Waals surface area contributed by atoms with E-state index >= 15 is 0 Å². The number of anilines is 1. The van der Waals surface area contributed by atoms with Crippen molar-refractivity contribution in [2.45, 2.75) is 6.04 Å². The number of benzene rings is 1. The maximum absolute atomic E-state index is 12.5. The summed E-state index contributed by atoms with van der Waals surface area (Å²) in [6.45, 7) is 5.30. The van der Waals surface area contributed by atoms with E-state index in [9.17, 15) is 4.79 Å². The Hall–Kier alpha value is -2.16. The predicted molar refractivity (Wildman–Crippen MR) is 103 cm³/mol. The van der Waals surface area contributed by atoms with Crippen molar-refractivity contribution >= 4 is 39.6 Å². The normalized spacial score (nSPS) is 16.5. The highest BCUT2D eigenvalue weighted by molar-refractivity contribution is 14.1. The van der Waals surface area contributed by atoms with Crippen molar-refractivity contribution in [3.05, 3.63) is 59.5 Å². The number of nitrogens with zero attached hydrogens (tertiary/aromatic N) is 5. The Kier molecular flexibility index (Phi) is 3.87. The summed E-state index contributed by atoms with van der Waals surface area (Å²) in [5.41, 5.74) is 1.51. The van der Waals surface area contributed by atoms with Crippen LogP contribution >= 0.6 is 22.6 Å². The second-order valence-electron chi connectivity index (χ2n) is 5.72. The van der Waals surface area contributed by atoms with Crippen LogP contribution in [0.2, 0.25) is 0 Å². The van der Waals surface area contributed by atoms with Gasteiger partial charge in [-0.2, -0.15) is 10.1 Å². The van der Waals surface area contributed by atoms with Crippen LogP contribution < -0.4 is 10.5 Å². The monoisotopic (exact) mass is 433 g/mol. The van der Waals surface area contributed by atoms with E-state index in [0.29, 0.717) is 17.9 Å². The summed E-state index contributed by atoms with van der Waals surface area (Å²) in [7, 11) is 0. The van der Waals surface area contributed by atoms with E-state index in [1.165, 1.54) is 0 Å². The van der Waals surface area contributed by atoms with E-state index in [-0.39, 0.29) is 11.6 Å². The molecule has 3 aromatic rings. The molecular weight excluding hydrogens is 417 g/mol. The summed E-state index contributed by atoms with van der Waals surface area (Å²) < 4.78 is 4.91. The van der Waals surface area contributed by atoms with Gasteiger partial charge in [-0.05, 0) is 12.1 Å². The molecule has 0 aliphatic carbocycles. The lowest BCUT2D eigenvalue weighted by Gasteiger charge is -2.15. The molecular formula is C17H16IN5O. The van der Waals surface area contributed by atoms with Gasteiger partial charge in [-0.3, -0.25) is 9.36 Å². The van der Waals surface area contributed by atoms with E-state index in [2.05, 4.69) is 48.7 Å². The molecule has 7 heteroatoms. The van der Waals surface area contributed by atoms with Gasteiger partial charge in [0.05, 0.1) is 17.9 Å². The summed E-state index contributed by atoms with van der Waals surface area (Å²) in [5, 5.41) is 5.01. The van der Waals surface area contributed by atoms with Crippen LogP contribution in [0, 0.1) is 0 Å². The van der Waals surface area contributed by atoms with Crippen molar-refractivity contribution < 1.29 is 0 Å². The van der Waals surface area contributed by atoms with Crippen LogP contribution in [0.5, 0.6) is 0 Å². The van der Waals surface area contributed by atoms with Crippen molar-refractivity contribution in [2.24, 2.45) is 0 Å². The minimum atomic E-state index is -0.235. The lowest BCUT2D eigenvalue weighted by molar-refractivity contribution is 0.635. The second kappa shape index (κ2) is 6.04. The minimum absolute atomic E-state index is 0.235. The van der Waals surface area contributed by atoms with Gasteiger partial charge < -0.3 is 4.90 Å². The summed E-state index contributed by atoms with van der Waals surface area (Å²) in [6, 6.07) is 10.1. The quantitative estimate of drug-likeness (QED) is 0.361. The third-order valence-electron chi connectivity index (χ3n) is 4.23. The zero-order valence-corrected chi connectivity index (χ0v) is 15.1. The molecule has 6 nitrogen and oxygen atoms in total. The van der Waals surface area contributed by atoms with E-state index in [1.807, 2.05) is 41.1 Å². The fraction of sp³-hybridized carbons (Fsp3) is 0.235. The highest BCUT2D eigenvalue weighted by Crippen LogP contribution is 2.32. The Labute approximate surface area is 152 Å². The van der Waals surface area contributed by atoms with Gasteiger partial charge in [-0.1, -0.05) is 46.9 Å². The lowest BCUT2D eigenvalue weighted by Crippen LogP contribution is -2.24. The third-order valence-corrected chi connectivity index (χ3v) is 5.24. The summed E-state index contributed by atoms with van der Waals surface area (Å²) in [5.74, 6) is 0.701. The molecule has 2 aromatic heterocycles. The molecule has 1 aliphatic rings. The molecule has 0 spiro atoms. The molecule has 4 rings (SSSR count). The zero-order chi connectivity index (χ0) is 16.7. The van der Waals surface area contributed by atoms with Gasteiger partial charge in [0.15, 0.2) is 5.65 Å². The first-order valence-electron chi connectivity index (χ1n) is 7.72. The van der Waals surface area contributed by atoms with Gasteiger partial charge in [0.1, 0.15) is 5.39 Å². The highest BCUT2D eigenvalue weighted by Gasteiger charge is 2.31. The molecule has 0 fully saturated rings. The van der Waals surface area contributed by atoms with Gasteiger partial charge >= 0.3 is 0 Å². The molecule has 0 N–H and O–H groups in total. The van der Waals surface area contributed by atoms with Gasteiger partial charge in [0, 0.05) is 17.5 Å². The van der Waals surface area contributed by atoms with Gasteiger partial charge in [0.25, 0.3) is 5.56 Å². The van der Waals surface area contributed by atoms with Crippen molar-refractivity contribution in [1.29, 1.82) is 0 Å². The molecule has 24 heavy (non-hydrogen) atoms. The predicted octanol–water partition coefficient (Wildman–Crippen LogP) is 2.56. The van der Waals surface area contributed by atoms with Crippen LogP contribution in [0.1, 0.15) is 6.04 Å². The third kappa shape index (κ3) is 2.26. The van der Waals surface area contributed by atoms with Crippen LogP contribution in [0.15, 0.2) is 54.0 Å². The zero-order valence-electron chi connectivity index (χ0n) is 13.0. The minimum Gasteiger partial charge on any atom is -0.336 e. The van der Waals surface area contributed by atoms with E-state index in [4.69, 9.17) is 0 Å². The number of hydrogen-bond acceptors (Lipinski definition) is 4.